The fourth-order valence-corrected chi connectivity index (χ4v) is 1.47. The predicted molar refractivity (Wildman–Crippen MR) is 48.8 cm³/mol. The molecule has 1 aliphatic heterocycles. The predicted octanol–water partition coefficient (Wildman–Crippen LogP) is -3.38. The summed E-state index contributed by atoms with van der Waals surface area (Å²) >= 11 is 0. The second kappa shape index (κ2) is 4.93. The number of hydrogen-bond donors (Lipinski definition) is 0. The zero-order chi connectivity index (χ0) is 10.1. The highest BCUT2D eigenvalue weighted by molar-refractivity contribution is 5.77. The number of hydrogen-bond acceptors (Lipinski definition) is 2. The Morgan fingerprint density at radius 3 is 2.67 bits per heavy atom. The van der Waals surface area contributed by atoms with Gasteiger partial charge in [0.05, 0.1) is 26.2 Å². The Morgan fingerprint density at radius 1 is 1.53 bits per heavy atom. The minimum absolute atomic E-state index is 0. The van der Waals surface area contributed by atoms with Gasteiger partial charge in [-0.15, -0.1) is 0 Å². The average Bonchev–Trinajstić information content (AvgIpc) is 2.49. The summed E-state index contributed by atoms with van der Waals surface area (Å²) in [5.41, 5.74) is 0. The molecule has 1 aromatic rings. The summed E-state index contributed by atoms with van der Waals surface area (Å²) in [6.45, 7) is 1.38. The van der Waals surface area contributed by atoms with E-state index in [4.69, 9.17) is 4.74 Å². The van der Waals surface area contributed by atoms with E-state index in [0.717, 1.165) is 0 Å². The Hall–Kier alpha value is -0.630. The smallest absolute Gasteiger partial charge is 0.415 e. The first-order valence-electron chi connectivity index (χ1n) is 4.56. The zero-order valence-electron chi connectivity index (χ0n) is 8.76. The summed E-state index contributed by atoms with van der Waals surface area (Å²) < 4.78 is 8.51. The fourth-order valence-electron chi connectivity index (χ4n) is 1.47. The summed E-state index contributed by atoms with van der Waals surface area (Å²) in [5, 5.41) is 0. The maximum absolute atomic E-state index is 11.7. The largest absolute Gasteiger partial charge is 1.00 e. The topological polar surface area (TPSA) is 38.4 Å². The lowest BCUT2D eigenvalue weighted by Crippen LogP contribution is -3.00. The Balaban J connectivity index is 0.00000112. The number of nitrogens with zero attached hydrogens (tertiary/aromatic N) is 3. The van der Waals surface area contributed by atoms with E-state index in [0.29, 0.717) is 13.1 Å². The first kappa shape index (κ1) is 12.4. The van der Waals surface area contributed by atoms with E-state index in [1.807, 2.05) is 17.8 Å². The van der Waals surface area contributed by atoms with Gasteiger partial charge in [0.2, 0.25) is 0 Å². The molecule has 5 nitrogen and oxygen atoms in total. The van der Waals surface area contributed by atoms with E-state index < -0.39 is 0 Å². The number of carbonyl (C=O) groups excluding carboxylic acids is 1. The van der Waals surface area contributed by atoms with Gasteiger partial charge in [0.1, 0.15) is 12.4 Å². The van der Waals surface area contributed by atoms with Crippen LogP contribution in [0.2, 0.25) is 0 Å². The number of aromatic nitrogens is 2. The molecule has 1 saturated heterocycles. The van der Waals surface area contributed by atoms with Crippen LogP contribution in [0.3, 0.4) is 0 Å². The quantitative estimate of drug-likeness (QED) is 0.400. The second-order valence-electron chi connectivity index (χ2n) is 3.53. The van der Waals surface area contributed by atoms with Crippen LogP contribution in [-0.4, -0.2) is 41.8 Å². The molecule has 0 aromatic carbocycles. The van der Waals surface area contributed by atoms with Crippen LogP contribution in [0.4, 0.5) is 4.79 Å². The third-order valence-corrected chi connectivity index (χ3v) is 2.44. The standard InChI is InChI=1S/C9H14N3O2.HI/c1-10-3-4-11(7-10)9(13)12-5-8(6-12)14-2;/h3-4,7-8H,5-6H2,1-2H3;1H/q+1;/p-1. The summed E-state index contributed by atoms with van der Waals surface area (Å²) in [5.74, 6) is 0. The number of imidazole rings is 1. The molecule has 0 bridgehead atoms. The van der Waals surface area contributed by atoms with E-state index in [1.165, 1.54) is 0 Å². The summed E-state index contributed by atoms with van der Waals surface area (Å²) in [6, 6.07) is 0.0129. The Bertz CT molecular complexity index is 347. The molecular formula is C9H14IN3O2. The van der Waals surface area contributed by atoms with Crippen molar-refractivity contribution in [1.82, 2.24) is 9.47 Å². The lowest BCUT2D eigenvalue weighted by molar-refractivity contribution is -0.670. The Morgan fingerprint density at radius 2 is 2.20 bits per heavy atom. The van der Waals surface area contributed by atoms with Crippen LogP contribution in [0.25, 0.3) is 0 Å². The summed E-state index contributed by atoms with van der Waals surface area (Å²) in [4.78, 5) is 13.5. The van der Waals surface area contributed by atoms with Crippen LogP contribution in [0.5, 0.6) is 0 Å². The molecule has 1 aliphatic rings. The molecule has 0 spiro atoms. The average molecular weight is 323 g/mol. The van der Waals surface area contributed by atoms with Crippen molar-refractivity contribution < 1.29 is 38.1 Å². The van der Waals surface area contributed by atoms with Crippen molar-refractivity contribution in [2.24, 2.45) is 7.05 Å². The minimum atomic E-state index is 0. The molecule has 6 heteroatoms. The molecule has 0 radical (unpaired) electrons. The van der Waals surface area contributed by atoms with Crippen molar-refractivity contribution in [2.75, 3.05) is 20.2 Å². The highest BCUT2D eigenvalue weighted by atomic mass is 127. The molecule has 1 amide bonds. The van der Waals surface area contributed by atoms with Gasteiger partial charge in [-0.25, -0.2) is 9.36 Å². The van der Waals surface area contributed by atoms with Crippen molar-refractivity contribution in [3.63, 3.8) is 0 Å². The molecule has 0 saturated carbocycles. The van der Waals surface area contributed by atoms with Gasteiger partial charge in [0, 0.05) is 7.11 Å². The molecule has 0 unspecified atom stereocenters. The second-order valence-corrected chi connectivity index (χ2v) is 3.53. The molecule has 0 aliphatic carbocycles. The third kappa shape index (κ3) is 2.49. The molecule has 1 fully saturated rings. The van der Waals surface area contributed by atoms with Gasteiger partial charge in [0.25, 0.3) is 6.33 Å². The first-order valence-corrected chi connectivity index (χ1v) is 4.56. The number of ether oxygens (including phenoxy) is 1. The van der Waals surface area contributed by atoms with Gasteiger partial charge >= 0.3 is 6.03 Å². The van der Waals surface area contributed by atoms with E-state index in [9.17, 15) is 4.79 Å². The van der Waals surface area contributed by atoms with Gasteiger partial charge < -0.3 is 28.7 Å². The van der Waals surface area contributed by atoms with Crippen molar-refractivity contribution in [3.05, 3.63) is 18.7 Å². The van der Waals surface area contributed by atoms with Crippen molar-refractivity contribution >= 4 is 6.03 Å². The van der Waals surface area contributed by atoms with Crippen LogP contribution >= 0.6 is 0 Å². The summed E-state index contributed by atoms with van der Waals surface area (Å²) in [7, 11) is 3.56. The van der Waals surface area contributed by atoms with Gasteiger partial charge in [-0.1, -0.05) is 0 Å². The molecule has 2 heterocycles. The number of amides is 1. The zero-order valence-corrected chi connectivity index (χ0v) is 10.9. The maximum Gasteiger partial charge on any atom is 0.415 e. The maximum atomic E-state index is 11.7. The third-order valence-electron chi connectivity index (χ3n) is 2.44. The van der Waals surface area contributed by atoms with Gasteiger partial charge in [0.15, 0.2) is 0 Å². The monoisotopic (exact) mass is 323 g/mol. The molecule has 1 aromatic heterocycles. The van der Waals surface area contributed by atoms with Crippen LogP contribution in [0.15, 0.2) is 18.7 Å². The number of aryl methyl sites for hydroxylation is 1. The van der Waals surface area contributed by atoms with E-state index in [1.54, 1.807) is 29.1 Å². The fraction of sp³-hybridized carbons (Fsp3) is 0.556. The highest BCUT2D eigenvalue weighted by Gasteiger charge is 2.33. The van der Waals surface area contributed by atoms with Crippen molar-refractivity contribution in [2.45, 2.75) is 6.10 Å². The number of likely N-dealkylation sites (tertiary alicyclic amines) is 1. The van der Waals surface area contributed by atoms with Crippen molar-refractivity contribution in [3.8, 4) is 0 Å². The molecule has 0 N–H and O–H groups in total. The number of rotatable bonds is 1. The van der Waals surface area contributed by atoms with Gasteiger partial charge in [-0.2, -0.15) is 4.57 Å². The number of methoxy groups -OCH3 is 1. The SMILES string of the molecule is COC1CN(C(=O)n2cc[n+](C)c2)C1.[I-]. The highest BCUT2D eigenvalue weighted by Crippen LogP contribution is 2.11. The molecule has 84 valence electrons. The molecular weight excluding hydrogens is 309 g/mol. The normalized spacial score (nSPS) is 15.7. The van der Waals surface area contributed by atoms with E-state index >= 15 is 0 Å². The molecule has 2 rings (SSSR count). The summed E-state index contributed by atoms with van der Waals surface area (Å²) in [6.07, 6.45) is 5.56. The van der Waals surface area contributed by atoms with Gasteiger partial charge in [-0.05, 0) is 0 Å². The minimum Gasteiger partial charge on any atom is -1.00 e. The number of halogens is 1. The Labute approximate surface area is 106 Å². The number of carbonyl (C=O) groups is 1. The van der Waals surface area contributed by atoms with E-state index in [-0.39, 0.29) is 36.1 Å². The van der Waals surface area contributed by atoms with E-state index in [2.05, 4.69) is 0 Å². The van der Waals surface area contributed by atoms with Crippen LogP contribution in [-0.2, 0) is 11.8 Å². The molecule has 0 atom stereocenters. The van der Waals surface area contributed by atoms with Crippen LogP contribution in [0, 0.1) is 0 Å². The van der Waals surface area contributed by atoms with Crippen molar-refractivity contribution in [1.29, 1.82) is 0 Å². The first-order chi connectivity index (χ1) is 6.70. The van der Waals surface area contributed by atoms with Crippen LogP contribution < -0.4 is 28.5 Å². The lowest BCUT2D eigenvalue weighted by Gasteiger charge is -2.35. The Kier molecular flexibility index (Phi) is 4.09. The van der Waals surface area contributed by atoms with Crippen LogP contribution in [0.1, 0.15) is 0 Å². The molecule has 15 heavy (non-hydrogen) atoms. The van der Waals surface area contributed by atoms with Gasteiger partial charge in [-0.3, -0.25) is 4.90 Å². The lowest BCUT2D eigenvalue weighted by atomic mass is 10.2.